The number of nitrogens with zero attached hydrogens (tertiary/aromatic N) is 2. The van der Waals surface area contributed by atoms with Gasteiger partial charge in [0.05, 0.1) is 18.0 Å². The number of rotatable bonds is 7. The van der Waals surface area contributed by atoms with Gasteiger partial charge >= 0.3 is 11.7 Å². The van der Waals surface area contributed by atoms with Crippen molar-refractivity contribution in [2.75, 3.05) is 6.61 Å². The first kappa shape index (κ1) is 17.7. The molecule has 1 atom stereocenters. The molecule has 8 nitrogen and oxygen atoms in total. The normalized spacial score (nSPS) is 15.8. The molecular formula is C18H19N3O5. The van der Waals surface area contributed by atoms with Gasteiger partial charge in [0.15, 0.2) is 12.2 Å². The summed E-state index contributed by atoms with van der Waals surface area (Å²) in [6.07, 6.45) is 1.73. The van der Waals surface area contributed by atoms with E-state index in [1.54, 1.807) is 31.2 Å². The molecule has 1 heterocycles. The Morgan fingerprint density at radius 3 is 2.85 bits per heavy atom. The molecule has 2 aromatic rings. The van der Waals surface area contributed by atoms with Crippen molar-refractivity contribution in [3.63, 3.8) is 0 Å². The third-order valence-corrected chi connectivity index (χ3v) is 4.50. The van der Waals surface area contributed by atoms with E-state index in [-0.39, 0.29) is 18.9 Å². The summed E-state index contributed by atoms with van der Waals surface area (Å²) in [4.78, 5) is 35.6. The zero-order valence-electron chi connectivity index (χ0n) is 14.4. The molecule has 1 aromatic heterocycles. The van der Waals surface area contributed by atoms with Crippen LogP contribution < -0.4 is 11.1 Å². The van der Waals surface area contributed by atoms with Crippen LogP contribution in [0.4, 0.5) is 0 Å². The molecule has 3 rings (SSSR count). The van der Waals surface area contributed by atoms with Gasteiger partial charge in [-0.1, -0.05) is 12.1 Å². The molecular weight excluding hydrogens is 338 g/mol. The fourth-order valence-corrected chi connectivity index (χ4v) is 2.85. The van der Waals surface area contributed by atoms with E-state index in [9.17, 15) is 19.6 Å². The van der Waals surface area contributed by atoms with E-state index in [1.807, 2.05) is 0 Å². The van der Waals surface area contributed by atoms with Crippen molar-refractivity contribution < 1.29 is 18.7 Å². The van der Waals surface area contributed by atoms with Crippen molar-refractivity contribution in [2.24, 2.45) is 5.92 Å². The summed E-state index contributed by atoms with van der Waals surface area (Å²) in [6, 6.07) is 9.01. The lowest BCUT2D eigenvalue weighted by Gasteiger charge is -2.22. The standard InChI is InChI=1S/C18H19N3O5/c1-18(11-19,12-6-7-12)20-15(22)10-25-16(23)8-9-21-13-4-2-3-5-14(13)26-17(21)24/h2-5,12H,6-10H2,1H3,(H,20,22)/t18-/m0/s1. The largest absolute Gasteiger partial charge is 0.456 e. The highest BCUT2D eigenvalue weighted by atomic mass is 16.5. The molecule has 0 aliphatic heterocycles. The second-order valence-corrected chi connectivity index (χ2v) is 6.53. The Kier molecular flexibility index (Phi) is 4.80. The molecule has 0 saturated heterocycles. The summed E-state index contributed by atoms with van der Waals surface area (Å²) in [5.41, 5.74) is 0.116. The monoisotopic (exact) mass is 357 g/mol. The first-order valence-electron chi connectivity index (χ1n) is 8.39. The van der Waals surface area contributed by atoms with Gasteiger partial charge < -0.3 is 14.5 Å². The molecule has 0 unspecified atom stereocenters. The zero-order chi connectivity index (χ0) is 18.7. The van der Waals surface area contributed by atoms with Crippen LogP contribution in [-0.4, -0.2) is 28.6 Å². The number of amides is 1. The number of hydrogen-bond acceptors (Lipinski definition) is 6. The quantitative estimate of drug-likeness (QED) is 0.748. The lowest BCUT2D eigenvalue weighted by Crippen LogP contribution is -2.48. The SMILES string of the molecule is C[C@@](C#N)(NC(=O)COC(=O)CCn1c(=O)oc2ccccc21)C1CC1. The summed E-state index contributed by atoms with van der Waals surface area (Å²) in [6.45, 7) is 1.30. The molecule has 1 fully saturated rings. The number of nitrogens with one attached hydrogen (secondary N) is 1. The maximum atomic E-state index is 11.9. The molecule has 1 aliphatic carbocycles. The van der Waals surface area contributed by atoms with Crippen LogP contribution in [-0.2, 0) is 20.9 Å². The minimum Gasteiger partial charge on any atom is -0.456 e. The maximum Gasteiger partial charge on any atom is 0.419 e. The number of oxazole rings is 1. The fraction of sp³-hybridized carbons (Fsp3) is 0.444. The van der Waals surface area contributed by atoms with Crippen molar-refractivity contribution in [3.8, 4) is 6.07 Å². The molecule has 1 aliphatic rings. The Bertz CT molecular complexity index is 934. The van der Waals surface area contributed by atoms with Crippen LogP contribution in [0.5, 0.6) is 0 Å². The van der Waals surface area contributed by atoms with E-state index >= 15 is 0 Å². The number of aryl methyl sites for hydroxylation is 1. The first-order chi connectivity index (χ1) is 12.4. The van der Waals surface area contributed by atoms with Crippen LogP contribution in [0.3, 0.4) is 0 Å². The van der Waals surface area contributed by atoms with E-state index in [0.717, 1.165) is 12.8 Å². The van der Waals surface area contributed by atoms with Crippen LogP contribution in [0.2, 0.25) is 0 Å². The van der Waals surface area contributed by atoms with Crippen molar-refractivity contribution in [2.45, 2.75) is 38.3 Å². The molecule has 1 N–H and O–H groups in total. The van der Waals surface area contributed by atoms with Gasteiger partial charge in [-0.3, -0.25) is 14.2 Å². The molecule has 1 saturated carbocycles. The number of aromatic nitrogens is 1. The van der Waals surface area contributed by atoms with Gasteiger partial charge in [-0.2, -0.15) is 5.26 Å². The lowest BCUT2D eigenvalue weighted by molar-refractivity contribution is -0.149. The number of carbonyl (C=O) groups excluding carboxylic acids is 2. The summed E-state index contributed by atoms with van der Waals surface area (Å²) in [5.74, 6) is -1.53. The number of ether oxygens (including phenoxy) is 1. The fourth-order valence-electron chi connectivity index (χ4n) is 2.85. The van der Waals surface area contributed by atoms with Gasteiger partial charge in [0.25, 0.3) is 5.91 Å². The Labute approximate surface area is 149 Å². The smallest absolute Gasteiger partial charge is 0.419 e. The van der Waals surface area contributed by atoms with Crippen molar-refractivity contribution in [1.29, 1.82) is 5.26 Å². The average molecular weight is 357 g/mol. The van der Waals surface area contributed by atoms with Gasteiger partial charge in [-0.05, 0) is 37.8 Å². The summed E-state index contributed by atoms with van der Waals surface area (Å²) in [5, 5.41) is 11.8. The molecule has 0 radical (unpaired) electrons. The highest BCUT2D eigenvalue weighted by Crippen LogP contribution is 2.39. The number of hydrogen-bond donors (Lipinski definition) is 1. The number of benzene rings is 1. The molecule has 0 spiro atoms. The highest BCUT2D eigenvalue weighted by molar-refractivity contribution is 5.81. The summed E-state index contributed by atoms with van der Waals surface area (Å²) < 4.78 is 11.4. The van der Waals surface area contributed by atoms with Crippen molar-refractivity contribution >= 4 is 23.0 Å². The van der Waals surface area contributed by atoms with Gasteiger partial charge in [0.2, 0.25) is 0 Å². The second-order valence-electron chi connectivity index (χ2n) is 6.53. The number of para-hydroxylation sites is 2. The van der Waals surface area contributed by atoms with Crippen LogP contribution in [0.15, 0.2) is 33.5 Å². The second kappa shape index (κ2) is 7.04. The number of nitriles is 1. The number of carbonyl (C=O) groups is 2. The maximum absolute atomic E-state index is 11.9. The van der Waals surface area contributed by atoms with E-state index in [1.165, 1.54) is 4.57 Å². The summed E-state index contributed by atoms with van der Waals surface area (Å²) in [7, 11) is 0. The Morgan fingerprint density at radius 1 is 1.42 bits per heavy atom. The Morgan fingerprint density at radius 2 is 2.15 bits per heavy atom. The zero-order valence-corrected chi connectivity index (χ0v) is 14.4. The van der Waals surface area contributed by atoms with E-state index in [4.69, 9.17) is 9.15 Å². The van der Waals surface area contributed by atoms with Crippen molar-refractivity contribution in [1.82, 2.24) is 9.88 Å². The lowest BCUT2D eigenvalue weighted by atomic mass is 9.98. The van der Waals surface area contributed by atoms with Crippen molar-refractivity contribution in [3.05, 3.63) is 34.8 Å². The molecule has 0 bridgehead atoms. The van der Waals surface area contributed by atoms with Gasteiger partial charge in [0.1, 0.15) is 5.54 Å². The third kappa shape index (κ3) is 3.77. The number of fused-ring (bicyclic) bond motifs is 1. The molecule has 136 valence electrons. The van der Waals surface area contributed by atoms with E-state index in [2.05, 4.69) is 11.4 Å². The third-order valence-electron chi connectivity index (χ3n) is 4.50. The molecule has 26 heavy (non-hydrogen) atoms. The predicted octanol–water partition coefficient (Wildman–Crippen LogP) is 1.34. The van der Waals surface area contributed by atoms with Crippen LogP contribution in [0.1, 0.15) is 26.2 Å². The highest BCUT2D eigenvalue weighted by Gasteiger charge is 2.43. The van der Waals surface area contributed by atoms with Gasteiger partial charge in [0, 0.05) is 6.54 Å². The van der Waals surface area contributed by atoms with Crippen LogP contribution in [0, 0.1) is 17.2 Å². The topological polar surface area (TPSA) is 114 Å². The van der Waals surface area contributed by atoms with Gasteiger partial charge in [-0.25, -0.2) is 4.79 Å². The van der Waals surface area contributed by atoms with E-state index in [0.29, 0.717) is 11.1 Å². The van der Waals surface area contributed by atoms with Crippen LogP contribution in [0.25, 0.3) is 11.1 Å². The molecule has 8 heteroatoms. The first-order valence-corrected chi connectivity index (χ1v) is 8.39. The minimum absolute atomic E-state index is 0.0745. The number of esters is 1. The molecule has 1 aromatic carbocycles. The minimum atomic E-state index is -0.924. The predicted molar refractivity (Wildman–Crippen MR) is 90.9 cm³/mol. The average Bonchev–Trinajstić information content (AvgIpc) is 3.42. The van der Waals surface area contributed by atoms with Gasteiger partial charge in [-0.15, -0.1) is 0 Å². The molecule has 1 amide bonds. The Hall–Kier alpha value is -3.08. The van der Waals surface area contributed by atoms with E-state index < -0.39 is 29.8 Å². The van der Waals surface area contributed by atoms with Crippen LogP contribution >= 0.6 is 0 Å². The Balaban J connectivity index is 1.50. The summed E-state index contributed by atoms with van der Waals surface area (Å²) >= 11 is 0.